The molecule has 1 fully saturated rings. The Morgan fingerprint density at radius 2 is 2.12 bits per heavy atom. The van der Waals surface area contributed by atoms with Crippen molar-refractivity contribution in [3.63, 3.8) is 0 Å². The Kier molecular flexibility index (Phi) is 2.35. The third kappa shape index (κ3) is 1.79. The molecule has 1 amide bonds. The molecule has 0 radical (unpaired) electrons. The highest BCUT2D eigenvalue weighted by Crippen LogP contribution is 2.40. The van der Waals surface area contributed by atoms with Gasteiger partial charge in [0.05, 0.1) is 5.69 Å². The van der Waals surface area contributed by atoms with Gasteiger partial charge in [0, 0.05) is 6.04 Å². The number of amides is 1. The van der Waals surface area contributed by atoms with E-state index in [1.165, 1.54) is 5.56 Å². The Hall–Kier alpha value is -1.51. The zero-order chi connectivity index (χ0) is 12.0. The second-order valence-electron chi connectivity index (χ2n) is 5.17. The highest BCUT2D eigenvalue weighted by molar-refractivity contribution is 5.98. The molecular formula is C14H17NO2. The SMILES string of the molecule is CC(C)c1ccc2c(c1)N(C1CC1)C(=O)CO2. The van der Waals surface area contributed by atoms with E-state index in [0.717, 1.165) is 24.3 Å². The van der Waals surface area contributed by atoms with Crippen molar-refractivity contribution in [3.8, 4) is 5.75 Å². The first-order valence-electron chi connectivity index (χ1n) is 6.25. The second-order valence-corrected chi connectivity index (χ2v) is 5.17. The summed E-state index contributed by atoms with van der Waals surface area (Å²) in [6.07, 6.45) is 2.24. The normalized spacial score (nSPS) is 19.2. The van der Waals surface area contributed by atoms with Gasteiger partial charge in [-0.25, -0.2) is 0 Å². The molecule has 0 spiro atoms. The van der Waals surface area contributed by atoms with E-state index in [0.29, 0.717) is 12.0 Å². The molecule has 90 valence electrons. The lowest BCUT2D eigenvalue weighted by Gasteiger charge is -2.30. The molecule has 0 saturated heterocycles. The average molecular weight is 231 g/mol. The van der Waals surface area contributed by atoms with E-state index < -0.39 is 0 Å². The van der Waals surface area contributed by atoms with Crippen LogP contribution in [0.4, 0.5) is 5.69 Å². The minimum Gasteiger partial charge on any atom is -0.482 e. The fourth-order valence-corrected chi connectivity index (χ4v) is 2.28. The minimum atomic E-state index is 0.0981. The molecule has 1 heterocycles. The van der Waals surface area contributed by atoms with Crippen LogP contribution >= 0.6 is 0 Å². The van der Waals surface area contributed by atoms with E-state index in [1.54, 1.807) is 0 Å². The summed E-state index contributed by atoms with van der Waals surface area (Å²) in [4.78, 5) is 13.9. The predicted molar refractivity (Wildman–Crippen MR) is 66.5 cm³/mol. The average Bonchev–Trinajstić information content (AvgIpc) is 3.12. The Morgan fingerprint density at radius 3 is 2.76 bits per heavy atom. The van der Waals surface area contributed by atoms with Gasteiger partial charge in [-0.15, -0.1) is 0 Å². The van der Waals surface area contributed by atoms with Crippen molar-refractivity contribution >= 4 is 11.6 Å². The summed E-state index contributed by atoms with van der Waals surface area (Å²) in [5, 5.41) is 0. The summed E-state index contributed by atoms with van der Waals surface area (Å²) in [6.45, 7) is 4.51. The fraction of sp³-hybridized carbons (Fsp3) is 0.500. The Morgan fingerprint density at radius 1 is 1.35 bits per heavy atom. The smallest absolute Gasteiger partial charge is 0.265 e. The number of fused-ring (bicyclic) bond motifs is 1. The van der Waals surface area contributed by atoms with E-state index in [9.17, 15) is 4.79 Å². The van der Waals surface area contributed by atoms with Crippen LogP contribution in [0, 0.1) is 0 Å². The van der Waals surface area contributed by atoms with Gasteiger partial charge in [-0.2, -0.15) is 0 Å². The highest BCUT2D eigenvalue weighted by atomic mass is 16.5. The van der Waals surface area contributed by atoms with Crippen LogP contribution in [0.15, 0.2) is 18.2 Å². The van der Waals surface area contributed by atoms with Gasteiger partial charge in [-0.05, 0) is 36.5 Å². The predicted octanol–water partition coefficient (Wildman–Crippen LogP) is 2.70. The van der Waals surface area contributed by atoms with Crippen LogP contribution in [-0.4, -0.2) is 18.6 Å². The number of hydrogen-bond acceptors (Lipinski definition) is 2. The maximum absolute atomic E-state index is 11.9. The van der Waals surface area contributed by atoms with Crippen molar-refractivity contribution in [1.82, 2.24) is 0 Å². The molecule has 0 N–H and O–H groups in total. The molecule has 1 aromatic carbocycles. The monoisotopic (exact) mass is 231 g/mol. The summed E-state index contributed by atoms with van der Waals surface area (Å²) in [7, 11) is 0. The summed E-state index contributed by atoms with van der Waals surface area (Å²) in [6, 6.07) is 6.60. The van der Waals surface area contributed by atoms with Crippen LogP contribution in [0.5, 0.6) is 5.75 Å². The molecule has 1 saturated carbocycles. The molecule has 0 unspecified atom stereocenters. The number of nitrogens with zero attached hydrogens (tertiary/aromatic N) is 1. The van der Waals surface area contributed by atoms with Crippen LogP contribution in [0.3, 0.4) is 0 Å². The maximum Gasteiger partial charge on any atom is 0.265 e. The van der Waals surface area contributed by atoms with Gasteiger partial charge in [0.2, 0.25) is 0 Å². The molecule has 0 atom stereocenters. The van der Waals surface area contributed by atoms with Crippen molar-refractivity contribution in [3.05, 3.63) is 23.8 Å². The number of anilines is 1. The molecule has 2 aliphatic rings. The van der Waals surface area contributed by atoms with Crippen LogP contribution in [-0.2, 0) is 4.79 Å². The Labute approximate surface area is 101 Å². The minimum absolute atomic E-state index is 0.0981. The number of carbonyl (C=O) groups excluding carboxylic acids is 1. The number of rotatable bonds is 2. The van der Waals surface area contributed by atoms with Gasteiger partial charge in [0.25, 0.3) is 5.91 Å². The summed E-state index contributed by atoms with van der Waals surface area (Å²) in [5.74, 6) is 1.42. The fourth-order valence-electron chi connectivity index (χ4n) is 2.28. The van der Waals surface area contributed by atoms with Crippen molar-refractivity contribution in [2.45, 2.75) is 38.6 Å². The molecule has 3 heteroatoms. The quantitative estimate of drug-likeness (QED) is 0.783. The van der Waals surface area contributed by atoms with E-state index in [1.807, 2.05) is 11.0 Å². The number of benzene rings is 1. The molecule has 17 heavy (non-hydrogen) atoms. The third-order valence-electron chi connectivity index (χ3n) is 3.44. The van der Waals surface area contributed by atoms with Crippen molar-refractivity contribution in [1.29, 1.82) is 0 Å². The lowest BCUT2D eigenvalue weighted by molar-refractivity contribution is -0.121. The molecule has 1 aliphatic carbocycles. The molecule has 3 nitrogen and oxygen atoms in total. The van der Waals surface area contributed by atoms with Gasteiger partial charge >= 0.3 is 0 Å². The Balaban J connectivity index is 2.05. The van der Waals surface area contributed by atoms with Crippen LogP contribution in [0.1, 0.15) is 38.2 Å². The second kappa shape index (κ2) is 3.76. The van der Waals surface area contributed by atoms with Crippen LogP contribution < -0.4 is 9.64 Å². The van der Waals surface area contributed by atoms with Gasteiger partial charge in [-0.1, -0.05) is 19.9 Å². The van der Waals surface area contributed by atoms with Crippen molar-refractivity contribution in [2.75, 3.05) is 11.5 Å². The zero-order valence-electron chi connectivity index (χ0n) is 10.3. The lowest BCUT2D eigenvalue weighted by atomic mass is 10.0. The largest absolute Gasteiger partial charge is 0.482 e. The van der Waals surface area contributed by atoms with Gasteiger partial charge in [-0.3, -0.25) is 4.79 Å². The van der Waals surface area contributed by atoms with E-state index in [-0.39, 0.29) is 12.5 Å². The lowest BCUT2D eigenvalue weighted by Crippen LogP contribution is -2.40. The first-order chi connectivity index (χ1) is 8.16. The number of ether oxygens (including phenoxy) is 1. The molecule has 0 aromatic heterocycles. The molecular weight excluding hydrogens is 214 g/mol. The summed E-state index contributed by atoms with van der Waals surface area (Å²) < 4.78 is 5.49. The Bertz CT molecular complexity index is 463. The maximum atomic E-state index is 11.9. The standard InChI is InChI=1S/C14H17NO2/c1-9(2)10-3-6-13-12(7-10)15(11-4-5-11)14(16)8-17-13/h3,6-7,9,11H,4-5,8H2,1-2H3. The van der Waals surface area contributed by atoms with Crippen LogP contribution in [0.25, 0.3) is 0 Å². The number of hydrogen-bond donors (Lipinski definition) is 0. The summed E-state index contributed by atoms with van der Waals surface area (Å²) in [5.41, 5.74) is 2.22. The van der Waals surface area contributed by atoms with Crippen molar-refractivity contribution in [2.24, 2.45) is 0 Å². The molecule has 1 aliphatic heterocycles. The van der Waals surface area contributed by atoms with Gasteiger partial charge in [0.1, 0.15) is 5.75 Å². The molecule has 0 bridgehead atoms. The topological polar surface area (TPSA) is 29.5 Å². The number of carbonyl (C=O) groups is 1. The van der Waals surface area contributed by atoms with Gasteiger partial charge < -0.3 is 9.64 Å². The molecule has 3 rings (SSSR count). The molecule has 1 aromatic rings. The van der Waals surface area contributed by atoms with Crippen LogP contribution in [0.2, 0.25) is 0 Å². The first-order valence-corrected chi connectivity index (χ1v) is 6.25. The van der Waals surface area contributed by atoms with Crippen molar-refractivity contribution < 1.29 is 9.53 Å². The zero-order valence-corrected chi connectivity index (χ0v) is 10.3. The van der Waals surface area contributed by atoms with E-state index >= 15 is 0 Å². The highest BCUT2D eigenvalue weighted by Gasteiger charge is 2.37. The van der Waals surface area contributed by atoms with Gasteiger partial charge in [0.15, 0.2) is 6.61 Å². The van der Waals surface area contributed by atoms with E-state index in [4.69, 9.17) is 4.74 Å². The first kappa shape index (κ1) is 10.6. The summed E-state index contributed by atoms with van der Waals surface area (Å²) >= 11 is 0. The van der Waals surface area contributed by atoms with E-state index in [2.05, 4.69) is 26.0 Å². The third-order valence-corrected chi connectivity index (χ3v) is 3.44.